The molecule has 0 radical (unpaired) electrons. The van der Waals surface area contributed by atoms with Crippen molar-refractivity contribution in [1.29, 1.82) is 0 Å². The zero-order chi connectivity index (χ0) is 22.0. The number of ether oxygens (including phenoxy) is 1. The van der Waals surface area contributed by atoms with E-state index in [2.05, 4.69) is 20.4 Å². The number of aliphatic hydroxyl groups excluding tert-OH is 1. The van der Waals surface area contributed by atoms with E-state index in [0.29, 0.717) is 35.9 Å². The summed E-state index contributed by atoms with van der Waals surface area (Å²) in [7, 11) is -2.10. The Morgan fingerprint density at radius 3 is 2.77 bits per heavy atom. The van der Waals surface area contributed by atoms with Crippen molar-refractivity contribution >= 4 is 48.4 Å². The molecular formula is C19H22Cl2N5O4P. The molecule has 1 aromatic carbocycles. The van der Waals surface area contributed by atoms with Crippen molar-refractivity contribution in [2.75, 3.05) is 18.3 Å². The number of rotatable bonds is 8. The molecule has 166 valence electrons. The number of fused-ring (bicyclic) bond motifs is 1. The molecule has 12 heteroatoms. The van der Waals surface area contributed by atoms with Crippen molar-refractivity contribution in [3.05, 3.63) is 46.3 Å². The Balaban J connectivity index is 1.52. The van der Waals surface area contributed by atoms with E-state index in [9.17, 15) is 5.11 Å². The molecule has 4 rings (SSSR count). The van der Waals surface area contributed by atoms with Gasteiger partial charge in [-0.2, -0.15) is 15.1 Å². The lowest BCUT2D eigenvalue weighted by Crippen LogP contribution is -2.18. The molecule has 0 bridgehead atoms. The molecule has 4 N–H and O–H groups in total. The van der Waals surface area contributed by atoms with Crippen LogP contribution in [-0.2, 0) is 11.3 Å². The summed E-state index contributed by atoms with van der Waals surface area (Å²) in [6, 6.07) is 7.45. The molecule has 2 heterocycles. The third kappa shape index (κ3) is 5.26. The Morgan fingerprint density at radius 1 is 1.19 bits per heavy atom. The summed E-state index contributed by atoms with van der Waals surface area (Å²) < 4.78 is 7.06. The molecule has 0 spiro atoms. The van der Waals surface area contributed by atoms with Gasteiger partial charge in [0.2, 0.25) is 5.28 Å². The predicted octanol–water partition coefficient (Wildman–Crippen LogP) is 3.33. The fourth-order valence-corrected chi connectivity index (χ4v) is 4.50. The van der Waals surface area contributed by atoms with Crippen LogP contribution in [0.3, 0.4) is 0 Å². The number of hydrogen-bond acceptors (Lipinski definition) is 8. The monoisotopic (exact) mass is 485 g/mol. The quantitative estimate of drug-likeness (QED) is 0.282. The molecule has 9 nitrogen and oxygen atoms in total. The summed E-state index contributed by atoms with van der Waals surface area (Å²) in [5, 5.41) is 19.6. The van der Waals surface area contributed by atoms with Gasteiger partial charge in [-0.25, -0.2) is 4.68 Å². The predicted molar refractivity (Wildman–Crippen MR) is 119 cm³/mol. The minimum Gasteiger partial charge on any atom is -0.393 e. The van der Waals surface area contributed by atoms with Crippen LogP contribution < -0.4 is 5.32 Å². The highest BCUT2D eigenvalue weighted by atomic mass is 35.5. The number of nitrogens with zero attached hydrogens (tertiary/aromatic N) is 4. The van der Waals surface area contributed by atoms with Gasteiger partial charge in [-0.1, -0.05) is 29.8 Å². The normalized spacial score (nSPS) is 21.3. The molecule has 3 atom stereocenters. The summed E-state index contributed by atoms with van der Waals surface area (Å²) in [4.78, 5) is 26.6. The van der Waals surface area contributed by atoms with Gasteiger partial charge in [-0.3, -0.25) is 0 Å². The summed E-state index contributed by atoms with van der Waals surface area (Å²) in [5.41, 5.74) is 1.50. The Labute approximate surface area is 189 Å². The summed E-state index contributed by atoms with van der Waals surface area (Å²) in [6.45, 7) is 0.713. The van der Waals surface area contributed by atoms with E-state index >= 15 is 0 Å². The first-order chi connectivity index (χ1) is 14.9. The van der Waals surface area contributed by atoms with Crippen LogP contribution in [0.25, 0.3) is 11.0 Å². The summed E-state index contributed by atoms with van der Waals surface area (Å²) in [5.74, 6) is 0.424. The second-order valence-electron chi connectivity index (χ2n) is 7.44. The number of halogens is 2. The molecule has 0 amide bonds. The van der Waals surface area contributed by atoms with Crippen LogP contribution in [-0.4, -0.2) is 53.7 Å². The van der Waals surface area contributed by atoms with Crippen LogP contribution >= 0.6 is 31.6 Å². The van der Waals surface area contributed by atoms with Gasteiger partial charge in [0.1, 0.15) is 12.2 Å². The third-order valence-electron chi connectivity index (χ3n) is 5.35. The van der Waals surface area contributed by atoms with E-state index in [4.69, 9.17) is 37.7 Å². The van der Waals surface area contributed by atoms with Gasteiger partial charge in [0.25, 0.3) is 0 Å². The van der Waals surface area contributed by atoms with Crippen LogP contribution in [0.5, 0.6) is 0 Å². The molecule has 31 heavy (non-hydrogen) atoms. The van der Waals surface area contributed by atoms with Crippen LogP contribution in [0, 0.1) is 5.92 Å². The molecular weight excluding hydrogens is 464 g/mol. The molecule has 0 saturated heterocycles. The molecule has 0 aliphatic heterocycles. The van der Waals surface area contributed by atoms with E-state index in [0.717, 1.165) is 10.9 Å². The molecule has 1 fully saturated rings. The Hall–Kier alpha value is -1.58. The van der Waals surface area contributed by atoms with Crippen LogP contribution in [0.2, 0.25) is 10.3 Å². The summed E-state index contributed by atoms with van der Waals surface area (Å²) in [6.07, 6.45) is 2.08. The number of hydrogen-bond donors (Lipinski definition) is 4. The minimum atomic E-state index is -2.10. The molecule has 1 aliphatic carbocycles. The average Bonchev–Trinajstić information content (AvgIpc) is 3.30. The lowest BCUT2D eigenvalue weighted by molar-refractivity contribution is 0.0587. The van der Waals surface area contributed by atoms with Gasteiger partial charge in [0.15, 0.2) is 14.0 Å². The van der Waals surface area contributed by atoms with Crippen molar-refractivity contribution < 1.29 is 19.6 Å². The number of aliphatic hydroxyl groups is 1. The lowest BCUT2D eigenvalue weighted by Gasteiger charge is -2.14. The van der Waals surface area contributed by atoms with Gasteiger partial charge >= 0.3 is 0 Å². The first-order valence-electron chi connectivity index (χ1n) is 9.71. The van der Waals surface area contributed by atoms with Crippen LogP contribution in [0.1, 0.15) is 24.4 Å². The molecule has 1 aliphatic rings. The lowest BCUT2D eigenvalue weighted by atomic mass is 10.1. The maximum atomic E-state index is 10.4. The number of aromatic nitrogens is 4. The topological polar surface area (TPSA) is 126 Å². The van der Waals surface area contributed by atoms with Crippen molar-refractivity contribution in [2.24, 2.45) is 5.92 Å². The fraction of sp³-hybridized carbons (Fsp3) is 0.421. The van der Waals surface area contributed by atoms with E-state index in [-0.39, 0.29) is 30.2 Å². The van der Waals surface area contributed by atoms with Gasteiger partial charge < -0.3 is 24.9 Å². The van der Waals surface area contributed by atoms with Crippen molar-refractivity contribution in [2.45, 2.75) is 31.5 Å². The van der Waals surface area contributed by atoms with Crippen LogP contribution in [0.4, 0.5) is 5.82 Å². The Bertz CT molecular complexity index is 1050. The minimum absolute atomic E-state index is 0.0896. The number of benzene rings is 1. The Morgan fingerprint density at radius 2 is 2.00 bits per heavy atom. The second kappa shape index (κ2) is 9.92. The molecule has 2 aromatic heterocycles. The molecule has 3 unspecified atom stereocenters. The SMILES string of the molecule is OC1CC(n2ncc3c(NCc4ccccc4Cl)nc(Cl)nc32)CC1COCP(O)O. The smallest absolute Gasteiger partial charge is 0.226 e. The van der Waals surface area contributed by atoms with Gasteiger partial charge in [0.05, 0.1) is 30.3 Å². The molecule has 1 saturated carbocycles. The van der Waals surface area contributed by atoms with E-state index in [1.165, 1.54) is 0 Å². The number of nitrogens with one attached hydrogen (secondary N) is 1. The Kier molecular flexibility index (Phi) is 7.23. The van der Waals surface area contributed by atoms with Crippen molar-refractivity contribution in [3.8, 4) is 0 Å². The maximum absolute atomic E-state index is 10.4. The van der Waals surface area contributed by atoms with Crippen molar-refractivity contribution in [3.63, 3.8) is 0 Å². The van der Waals surface area contributed by atoms with Gasteiger partial charge in [-0.15, -0.1) is 0 Å². The van der Waals surface area contributed by atoms with E-state index < -0.39 is 14.5 Å². The fourth-order valence-electron chi connectivity index (χ4n) is 3.86. The zero-order valence-corrected chi connectivity index (χ0v) is 18.8. The third-order valence-corrected chi connectivity index (χ3v) is 6.30. The highest BCUT2D eigenvalue weighted by molar-refractivity contribution is 7.44. The standard InChI is InChI=1S/C19H22Cl2N5O4P/c20-15-4-2-1-3-11(15)7-22-17-14-8-23-26(18(14)25-19(21)24-17)13-5-12(16(27)6-13)9-30-10-31(28)29/h1-4,8,12-13,16,27-29H,5-7,9-10H2,(H,22,24,25). The van der Waals surface area contributed by atoms with Crippen molar-refractivity contribution in [1.82, 2.24) is 19.7 Å². The van der Waals surface area contributed by atoms with Gasteiger partial charge in [-0.05, 0) is 36.1 Å². The van der Waals surface area contributed by atoms with E-state index in [1.807, 2.05) is 24.3 Å². The average molecular weight is 486 g/mol. The second-order valence-corrected chi connectivity index (χ2v) is 9.19. The van der Waals surface area contributed by atoms with Gasteiger partial charge in [0, 0.05) is 17.5 Å². The number of anilines is 1. The largest absolute Gasteiger partial charge is 0.393 e. The zero-order valence-electron chi connectivity index (χ0n) is 16.4. The first-order valence-corrected chi connectivity index (χ1v) is 11.9. The summed E-state index contributed by atoms with van der Waals surface area (Å²) >= 11 is 12.4. The highest BCUT2D eigenvalue weighted by Gasteiger charge is 2.35. The highest BCUT2D eigenvalue weighted by Crippen LogP contribution is 2.37. The maximum Gasteiger partial charge on any atom is 0.226 e. The van der Waals surface area contributed by atoms with Crippen LogP contribution in [0.15, 0.2) is 30.5 Å². The van der Waals surface area contributed by atoms with E-state index in [1.54, 1.807) is 10.9 Å². The molecule has 3 aromatic rings. The first kappa shape index (κ1) is 22.6.